The van der Waals surface area contributed by atoms with Crippen LogP contribution < -0.4 is 5.32 Å². The normalized spacial score (nSPS) is 33.5. The van der Waals surface area contributed by atoms with Crippen molar-refractivity contribution in [3.63, 3.8) is 0 Å². The first kappa shape index (κ1) is 8.92. The highest BCUT2D eigenvalue weighted by Gasteiger charge is 2.33. The van der Waals surface area contributed by atoms with Gasteiger partial charge in [0.15, 0.2) is 0 Å². The van der Waals surface area contributed by atoms with E-state index in [-0.39, 0.29) is 12.0 Å². The van der Waals surface area contributed by atoms with Crippen LogP contribution in [0.1, 0.15) is 12.8 Å². The Morgan fingerprint density at radius 1 is 1.40 bits per heavy atom. The molecule has 1 saturated heterocycles. The monoisotopic (exact) mass is 203 g/mol. The average Bonchev–Trinajstić information content (AvgIpc) is 2.29. The van der Waals surface area contributed by atoms with Crippen molar-refractivity contribution in [3.05, 3.63) is 35.6 Å². The quantitative estimate of drug-likeness (QED) is 0.603. The predicted molar refractivity (Wildman–Crippen MR) is 55.9 cm³/mol. The molecule has 3 nitrogen and oxygen atoms in total. The predicted octanol–water partition coefficient (Wildman–Crippen LogP) is 1.29. The molecule has 0 aromatic carbocycles. The molecule has 0 bridgehead atoms. The zero-order valence-corrected chi connectivity index (χ0v) is 8.40. The van der Waals surface area contributed by atoms with E-state index in [1.165, 1.54) is 0 Å². The summed E-state index contributed by atoms with van der Waals surface area (Å²) in [6.45, 7) is 0.912. The Balaban J connectivity index is 2.01. The Hall–Kier alpha value is -1.35. The van der Waals surface area contributed by atoms with E-state index in [4.69, 9.17) is 4.74 Å². The molecule has 78 valence electrons. The van der Waals surface area contributed by atoms with Gasteiger partial charge in [0, 0.05) is 24.5 Å². The fourth-order valence-corrected chi connectivity index (χ4v) is 2.39. The van der Waals surface area contributed by atoms with Crippen LogP contribution in [0.15, 0.2) is 35.6 Å². The smallest absolute Gasteiger partial charge is 0.310 e. The van der Waals surface area contributed by atoms with Crippen LogP contribution in [0.3, 0.4) is 0 Å². The van der Waals surface area contributed by atoms with Gasteiger partial charge in [-0.25, -0.2) is 0 Å². The largest absolute Gasteiger partial charge is 0.430 e. The van der Waals surface area contributed by atoms with E-state index in [0.29, 0.717) is 12.3 Å². The van der Waals surface area contributed by atoms with Crippen molar-refractivity contribution < 1.29 is 9.53 Å². The van der Waals surface area contributed by atoms with Gasteiger partial charge in [-0.3, -0.25) is 4.79 Å². The second-order valence-corrected chi connectivity index (χ2v) is 4.16. The number of hydrogen-bond donors (Lipinski definition) is 1. The summed E-state index contributed by atoms with van der Waals surface area (Å²) in [6, 6.07) is 0.229. The van der Waals surface area contributed by atoms with E-state index in [9.17, 15) is 4.79 Å². The Bertz CT molecular complexity index is 392. The number of rotatable bonds is 0. The number of carbonyl (C=O) groups excluding carboxylic acids is 1. The Morgan fingerprint density at radius 3 is 3.27 bits per heavy atom. The number of allylic oxidation sites excluding steroid dienone is 2. The summed E-state index contributed by atoms with van der Waals surface area (Å²) in [5, 5.41) is 3.45. The zero-order chi connectivity index (χ0) is 10.3. The van der Waals surface area contributed by atoms with Crippen LogP contribution in [0.2, 0.25) is 0 Å². The highest BCUT2D eigenvalue weighted by atomic mass is 16.5. The third-order valence-corrected chi connectivity index (χ3v) is 3.19. The van der Waals surface area contributed by atoms with Crippen molar-refractivity contribution in [2.45, 2.75) is 18.9 Å². The van der Waals surface area contributed by atoms with E-state index in [1.54, 1.807) is 0 Å². The van der Waals surface area contributed by atoms with Crippen LogP contribution in [0.4, 0.5) is 0 Å². The van der Waals surface area contributed by atoms with Gasteiger partial charge < -0.3 is 10.1 Å². The molecule has 2 unspecified atom stereocenters. The minimum Gasteiger partial charge on any atom is -0.430 e. The lowest BCUT2D eigenvalue weighted by atomic mass is 9.86. The van der Waals surface area contributed by atoms with Gasteiger partial charge in [-0.05, 0) is 6.42 Å². The van der Waals surface area contributed by atoms with Crippen LogP contribution in [0, 0.1) is 5.92 Å². The standard InChI is InChI=1S/C12H13NO2/c14-11-6-5-8-7-13-10-4-2-1-3-9(10)12(8)15-11/h1-4,8,10,13H,5-7H2. The van der Waals surface area contributed by atoms with E-state index in [2.05, 4.69) is 11.4 Å². The van der Waals surface area contributed by atoms with E-state index in [0.717, 1.165) is 24.3 Å². The summed E-state index contributed by atoms with van der Waals surface area (Å²) < 4.78 is 5.38. The van der Waals surface area contributed by atoms with Crippen molar-refractivity contribution in [1.29, 1.82) is 0 Å². The molecule has 3 aliphatic rings. The number of ether oxygens (including phenoxy) is 1. The maximum Gasteiger partial charge on any atom is 0.310 e. The van der Waals surface area contributed by atoms with Gasteiger partial charge in [0.05, 0.1) is 6.04 Å². The lowest BCUT2D eigenvalue weighted by Gasteiger charge is -2.35. The summed E-state index contributed by atoms with van der Waals surface area (Å²) in [5.74, 6) is 1.19. The minimum atomic E-state index is -0.0858. The first-order chi connectivity index (χ1) is 7.34. The summed E-state index contributed by atoms with van der Waals surface area (Å²) in [6.07, 6.45) is 9.61. The fourth-order valence-electron chi connectivity index (χ4n) is 2.39. The maximum atomic E-state index is 11.3. The van der Waals surface area contributed by atoms with Gasteiger partial charge in [0.25, 0.3) is 0 Å². The summed E-state index contributed by atoms with van der Waals surface area (Å²) in [5.41, 5.74) is 1.13. The lowest BCUT2D eigenvalue weighted by Crippen LogP contribution is -2.43. The summed E-state index contributed by atoms with van der Waals surface area (Å²) in [7, 11) is 0. The zero-order valence-electron chi connectivity index (χ0n) is 8.40. The van der Waals surface area contributed by atoms with Gasteiger partial charge in [-0.15, -0.1) is 0 Å². The highest BCUT2D eigenvalue weighted by molar-refractivity contribution is 5.72. The van der Waals surface area contributed by atoms with E-state index >= 15 is 0 Å². The number of carbonyl (C=O) groups is 1. The number of fused-ring (bicyclic) bond motifs is 2. The van der Waals surface area contributed by atoms with Crippen molar-refractivity contribution >= 4 is 5.97 Å². The molecular formula is C12H13NO2. The summed E-state index contributed by atoms with van der Waals surface area (Å²) in [4.78, 5) is 11.3. The minimum absolute atomic E-state index is 0.0858. The fraction of sp³-hybridized carbons (Fsp3) is 0.417. The molecule has 0 aromatic heterocycles. The van der Waals surface area contributed by atoms with Crippen molar-refractivity contribution in [2.24, 2.45) is 5.92 Å². The number of nitrogens with one attached hydrogen (secondary N) is 1. The molecule has 3 heteroatoms. The third-order valence-electron chi connectivity index (χ3n) is 3.19. The average molecular weight is 203 g/mol. The van der Waals surface area contributed by atoms with Gasteiger partial charge in [-0.1, -0.05) is 24.3 Å². The summed E-state index contributed by atoms with van der Waals surface area (Å²) >= 11 is 0. The van der Waals surface area contributed by atoms with Gasteiger partial charge >= 0.3 is 5.97 Å². The van der Waals surface area contributed by atoms with E-state index in [1.807, 2.05) is 18.2 Å². The molecule has 1 N–H and O–H groups in total. The molecule has 2 heterocycles. The third kappa shape index (κ3) is 1.43. The Morgan fingerprint density at radius 2 is 2.33 bits per heavy atom. The van der Waals surface area contributed by atoms with Gasteiger partial charge in [0.2, 0.25) is 0 Å². The van der Waals surface area contributed by atoms with Gasteiger partial charge in [0.1, 0.15) is 5.76 Å². The second-order valence-electron chi connectivity index (χ2n) is 4.16. The van der Waals surface area contributed by atoms with Gasteiger partial charge in [-0.2, -0.15) is 0 Å². The molecule has 1 fully saturated rings. The molecule has 0 saturated carbocycles. The molecule has 0 radical (unpaired) electrons. The molecule has 2 atom stereocenters. The molecule has 0 amide bonds. The van der Waals surface area contributed by atoms with Crippen LogP contribution >= 0.6 is 0 Å². The topological polar surface area (TPSA) is 38.3 Å². The Labute approximate surface area is 88.5 Å². The highest BCUT2D eigenvalue weighted by Crippen LogP contribution is 2.33. The number of hydrogen-bond acceptors (Lipinski definition) is 3. The molecule has 15 heavy (non-hydrogen) atoms. The number of esters is 1. The second kappa shape index (κ2) is 3.35. The molecule has 1 aliphatic carbocycles. The maximum absolute atomic E-state index is 11.3. The lowest BCUT2D eigenvalue weighted by molar-refractivity contribution is -0.143. The molecule has 0 aromatic rings. The molecular weight excluding hydrogens is 190 g/mol. The molecule has 3 rings (SSSR count). The SMILES string of the molecule is O=C1CCC2CNC3C=CC=CC3=C2O1. The Kier molecular flexibility index (Phi) is 1.99. The van der Waals surface area contributed by atoms with Crippen LogP contribution in [0.5, 0.6) is 0 Å². The van der Waals surface area contributed by atoms with Crippen LogP contribution in [-0.2, 0) is 9.53 Å². The van der Waals surface area contributed by atoms with Crippen molar-refractivity contribution in [1.82, 2.24) is 5.32 Å². The molecule has 0 spiro atoms. The first-order valence-corrected chi connectivity index (χ1v) is 5.37. The van der Waals surface area contributed by atoms with Crippen molar-refractivity contribution in [3.8, 4) is 0 Å². The van der Waals surface area contributed by atoms with Crippen molar-refractivity contribution in [2.75, 3.05) is 6.54 Å². The van der Waals surface area contributed by atoms with E-state index < -0.39 is 0 Å². The first-order valence-electron chi connectivity index (χ1n) is 5.37. The van der Waals surface area contributed by atoms with Crippen LogP contribution in [0.25, 0.3) is 0 Å². The van der Waals surface area contributed by atoms with Crippen LogP contribution in [-0.4, -0.2) is 18.6 Å². The molecule has 2 aliphatic heterocycles.